The standard InChI is InChI=1S/C17H22BrNO4/c1-3-11-23-15-8-7-14(18)12-13(15)6-9-16(20)19-10-4-5-17(21)22-2/h6-9,12H,3-5,10-11H2,1-2H3,(H,19,20)/b9-6+. The van der Waals surface area contributed by atoms with Gasteiger partial charge in [0.1, 0.15) is 5.75 Å². The van der Waals surface area contributed by atoms with E-state index in [-0.39, 0.29) is 11.9 Å². The van der Waals surface area contributed by atoms with E-state index in [0.29, 0.717) is 26.0 Å². The highest BCUT2D eigenvalue weighted by Gasteiger charge is 2.04. The fourth-order valence-electron chi connectivity index (χ4n) is 1.76. The summed E-state index contributed by atoms with van der Waals surface area (Å²) >= 11 is 3.41. The van der Waals surface area contributed by atoms with Crippen molar-refractivity contribution < 1.29 is 19.1 Å². The number of rotatable bonds is 9. The summed E-state index contributed by atoms with van der Waals surface area (Å²) < 4.78 is 11.1. The second kappa shape index (κ2) is 10.8. The van der Waals surface area contributed by atoms with Gasteiger partial charge in [0.15, 0.2) is 0 Å². The van der Waals surface area contributed by atoms with Gasteiger partial charge in [0.05, 0.1) is 13.7 Å². The minimum Gasteiger partial charge on any atom is -0.493 e. The first kappa shape index (κ1) is 19.2. The molecule has 1 N–H and O–H groups in total. The summed E-state index contributed by atoms with van der Waals surface area (Å²) in [7, 11) is 1.35. The second-order valence-corrected chi connectivity index (χ2v) is 5.75. The fourth-order valence-corrected chi connectivity index (χ4v) is 2.14. The zero-order valence-corrected chi connectivity index (χ0v) is 15.0. The molecule has 0 saturated carbocycles. The SMILES string of the molecule is CCCOc1ccc(Br)cc1/C=C/C(=O)NCCCC(=O)OC. The number of halogens is 1. The minimum absolute atomic E-state index is 0.212. The third-order valence-corrected chi connectivity index (χ3v) is 3.43. The number of methoxy groups -OCH3 is 1. The van der Waals surface area contributed by atoms with Gasteiger partial charge >= 0.3 is 5.97 Å². The van der Waals surface area contributed by atoms with E-state index >= 15 is 0 Å². The summed E-state index contributed by atoms with van der Waals surface area (Å²) in [5.74, 6) is 0.253. The van der Waals surface area contributed by atoms with Crippen molar-refractivity contribution in [1.82, 2.24) is 5.32 Å². The number of carbonyl (C=O) groups excluding carboxylic acids is 2. The Morgan fingerprint density at radius 1 is 1.35 bits per heavy atom. The van der Waals surface area contributed by atoms with E-state index in [0.717, 1.165) is 22.2 Å². The molecule has 0 fully saturated rings. The van der Waals surface area contributed by atoms with Gasteiger partial charge in [-0.1, -0.05) is 22.9 Å². The van der Waals surface area contributed by atoms with Crippen molar-refractivity contribution in [2.45, 2.75) is 26.2 Å². The molecule has 5 nitrogen and oxygen atoms in total. The lowest BCUT2D eigenvalue weighted by Crippen LogP contribution is -2.22. The van der Waals surface area contributed by atoms with Crippen LogP contribution in [0.15, 0.2) is 28.7 Å². The lowest BCUT2D eigenvalue weighted by Gasteiger charge is -2.08. The Morgan fingerprint density at radius 2 is 2.13 bits per heavy atom. The third kappa shape index (κ3) is 7.83. The molecule has 0 saturated heterocycles. The van der Waals surface area contributed by atoms with Crippen LogP contribution >= 0.6 is 15.9 Å². The Balaban J connectivity index is 2.53. The summed E-state index contributed by atoms with van der Waals surface area (Å²) in [5.41, 5.74) is 0.831. The van der Waals surface area contributed by atoms with Crippen LogP contribution in [0.25, 0.3) is 6.08 Å². The zero-order valence-electron chi connectivity index (χ0n) is 13.4. The van der Waals surface area contributed by atoms with Crippen LogP contribution in [0.2, 0.25) is 0 Å². The number of amides is 1. The molecule has 1 amide bonds. The highest BCUT2D eigenvalue weighted by atomic mass is 79.9. The smallest absolute Gasteiger partial charge is 0.305 e. The van der Waals surface area contributed by atoms with Crippen LogP contribution in [-0.4, -0.2) is 32.1 Å². The lowest BCUT2D eigenvalue weighted by molar-refractivity contribution is -0.140. The van der Waals surface area contributed by atoms with E-state index in [1.165, 1.54) is 13.2 Å². The number of hydrogen-bond acceptors (Lipinski definition) is 4. The van der Waals surface area contributed by atoms with Crippen LogP contribution in [-0.2, 0) is 14.3 Å². The maximum atomic E-state index is 11.8. The average Bonchev–Trinajstić information content (AvgIpc) is 2.55. The molecule has 0 aliphatic heterocycles. The average molecular weight is 384 g/mol. The highest BCUT2D eigenvalue weighted by Crippen LogP contribution is 2.24. The molecule has 0 unspecified atom stereocenters. The molecule has 1 aromatic carbocycles. The van der Waals surface area contributed by atoms with Crippen molar-refractivity contribution >= 4 is 33.9 Å². The first-order valence-electron chi connectivity index (χ1n) is 7.52. The molecular formula is C17H22BrNO4. The van der Waals surface area contributed by atoms with E-state index in [4.69, 9.17) is 4.74 Å². The Labute approximate surface area is 145 Å². The Kier molecular flexibility index (Phi) is 9.05. The van der Waals surface area contributed by atoms with E-state index in [1.807, 2.05) is 25.1 Å². The van der Waals surface area contributed by atoms with Gasteiger partial charge < -0.3 is 14.8 Å². The molecule has 0 bridgehead atoms. The molecule has 0 aliphatic carbocycles. The molecule has 0 spiro atoms. The maximum Gasteiger partial charge on any atom is 0.305 e. The van der Waals surface area contributed by atoms with Crippen molar-refractivity contribution in [2.75, 3.05) is 20.3 Å². The molecule has 6 heteroatoms. The molecule has 126 valence electrons. The van der Waals surface area contributed by atoms with E-state index in [2.05, 4.69) is 26.0 Å². The number of benzene rings is 1. The predicted octanol–water partition coefficient (Wildman–Crippen LogP) is 3.32. The van der Waals surface area contributed by atoms with Crippen molar-refractivity contribution in [2.24, 2.45) is 0 Å². The summed E-state index contributed by atoms with van der Waals surface area (Å²) in [6.45, 7) is 3.09. The number of esters is 1. The van der Waals surface area contributed by atoms with Crippen LogP contribution in [0, 0.1) is 0 Å². The molecule has 0 aliphatic rings. The van der Waals surface area contributed by atoms with Gasteiger partial charge in [-0.05, 0) is 37.1 Å². The van der Waals surface area contributed by atoms with Gasteiger partial charge in [0.25, 0.3) is 0 Å². The van der Waals surface area contributed by atoms with Crippen LogP contribution in [0.5, 0.6) is 5.75 Å². The van der Waals surface area contributed by atoms with Gasteiger partial charge in [-0.2, -0.15) is 0 Å². The van der Waals surface area contributed by atoms with E-state index < -0.39 is 0 Å². The molecule has 23 heavy (non-hydrogen) atoms. The maximum absolute atomic E-state index is 11.8. The molecule has 0 aromatic heterocycles. The lowest BCUT2D eigenvalue weighted by atomic mass is 10.2. The Hall–Kier alpha value is -1.82. The predicted molar refractivity (Wildman–Crippen MR) is 93.2 cm³/mol. The Morgan fingerprint density at radius 3 is 2.83 bits per heavy atom. The number of carbonyl (C=O) groups is 2. The molecule has 0 atom stereocenters. The highest BCUT2D eigenvalue weighted by molar-refractivity contribution is 9.10. The number of ether oxygens (including phenoxy) is 2. The van der Waals surface area contributed by atoms with Gasteiger partial charge in [0, 0.05) is 29.1 Å². The van der Waals surface area contributed by atoms with E-state index in [1.54, 1.807) is 6.08 Å². The van der Waals surface area contributed by atoms with Gasteiger partial charge in [-0.15, -0.1) is 0 Å². The summed E-state index contributed by atoms with van der Waals surface area (Å²) in [5, 5.41) is 2.72. The molecular weight excluding hydrogens is 362 g/mol. The first-order valence-corrected chi connectivity index (χ1v) is 8.31. The normalized spacial score (nSPS) is 10.6. The topological polar surface area (TPSA) is 64.6 Å². The van der Waals surface area contributed by atoms with Gasteiger partial charge in [-0.25, -0.2) is 0 Å². The number of nitrogens with one attached hydrogen (secondary N) is 1. The molecule has 1 aromatic rings. The largest absolute Gasteiger partial charge is 0.493 e. The molecule has 0 radical (unpaired) electrons. The summed E-state index contributed by atoms with van der Waals surface area (Å²) in [6.07, 6.45) is 4.93. The third-order valence-electron chi connectivity index (χ3n) is 2.93. The van der Waals surface area contributed by atoms with Crippen molar-refractivity contribution in [3.63, 3.8) is 0 Å². The quantitative estimate of drug-likeness (QED) is 0.403. The molecule has 0 heterocycles. The van der Waals surface area contributed by atoms with Gasteiger partial charge in [-0.3, -0.25) is 9.59 Å². The van der Waals surface area contributed by atoms with Crippen LogP contribution < -0.4 is 10.1 Å². The fraction of sp³-hybridized carbons (Fsp3) is 0.412. The summed E-state index contributed by atoms with van der Waals surface area (Å²) in [6, 6.07) is 5.66. The summed E-state index contributed by atoms with van der Waals surface area (Å²) in [4.78, 5) is 22.7. The zero-order chi connectivity index (χ0) is 17.1. The van der Waals surface area contributed by atoms with Crippen LogP contribution in [0.4, 0.5) is 0 Å². The minimum atomic E-state index is -0.276. The Bertz CT molecular complexity index is 558. The van der Waals surface area contributed by atoms with Crippen LogP contribution in [0.1, 0.15) is 31.7 Å². The number of hydrogen-bond donors (Lipinski definition) is 1. The van der Waals surface area contributed by atoms with Crippen LogP contribution in [0.3, 0.4) is 0 Å². The monoisotopic (exact) mass is 383 g/mol. The first-order chi connectivity index (χ1) is 11.1. The van der Waals surface area contributed by atoms with Crippen molar-refractivity contribution in [3.8, 4) is 5.75 Å². The van der Waals surface area contributed by atoms with Crippen molar-refractivity contribution in [3.05, 3.63) is 34.3 Å². The van der Waals surface area contributed by atoms with Crippen molar-refractivity contribution in [1.29, 1.82) is 0 Å². The van der Waals surface area contributed by atoms with E-state index in [9.17, 15) is 9.59 Å². The molecule has 1 rings (SSSR count). The van der Waals surface area contributed by atoms with Gasteiger partial charge in [0.2, 0.25) is 5.91 Å². The second-order valence-electron chi connectivity index (χ2n) is 4.83.